The second-order valence-corrected chi connectivity index (χ2v) is 11.7. The monoisotopic (exact) mass is 576 g/mol. The Labute approximate surface area is 239 Å². The molecule has 1 nitrogen and oxygen atoms in total. The van der Waals surface area contributed by atoms with E-state index in [1.165, 1.54) is 0 Å². The van der Waals surface area contributed by atoms with Crippen molar-refractivity contribution in [2.45, 2.75) is 19.6 Å². The molecule has 0 saturated heterocycles. The minimum atomic E-state index is -0.0879. The third kappa shape index (κ3) is 6.43. The van der Waals surface area contributed by atoms with Gasteiger partial charge in [-0.25, -0.2) is 0 Å². The van der Waals surface area contributed by atoms with Crippen molar-refractivity contribution in [3.63, 3.8) is 0 Å². The van der Waals surface area contributed by atoms with Gasteiger partial charge in [-0.15, -0.1) is 0 Å². The van der Waals surface area contributed by atoms with Crippen molar-refractivity contribution in [1.82, 2.24) is 0 Å². The van der Waals surface area contributed by atoms with Crippen molar-refractivity contribution in [3.05, 3.63) is 141 Å². The molecule has 5 rings (SSSR count). The van der Waals surface area contributed by atoms with E-state index in [9.17, 15) is 4.79 Å². The summed E-state index contributed by atoms with van der Waals surface area (Å²) in [4.78, 5) is 17.2. The maximum Gasteiger partial charge on any atom is 0.194 e. The van der Waals surface area contributed by atoms with Crippen molar-refractivity contribution in [3.8, 4) is 11.1 Å². The van der Waals surface area contributed by atoms with Gasteiger partial charge < -0.3 is 0 Å². The standard InChI is InChI=1S/C31H19Cl3OS2/c32-22-8-13-25(14-9-22)37-30-17-10-23(33)18-27(30)20-6-11-24(12-7-20)36-26-15-16-29(34)28(19-26)31(35)21-4-2-1-3-5-21/h1-19H. The van der Waals surface area contributed by atoms with Gasteiger partial charge in [0.15, 0.2) is 5.78 Å². The van der Waals surface area contributed by atoms with Gasteiger partial charge in [0.25, 0.3) is 0 Å². The van der Waals surface area contributed by atoms with Crippen molar-refractivity contribution >= 4 is 64.1 Å². The highest BCUT2D eigenvalue weighted by Crippen LogP contribution is 2.39. The fourth-order valence-electron chi connectivity index (χ4n) is 3.77. The molecule has 0 aliphatic carbocycles. The molecular formula is C31H19Cl3OS2. The van der Waals surface area contributed by atoms with Crippen LogP contribution >= 0.6 is 58.3 Å². The van der Waals surface area contributed by atoms with Crippen LogP contribution in [0, 0.1) is 0 Å². The molecule has 0 spiro atoms. The maximum absolute atomic E-state index is 13.0. The van der Waals surface area contributed by atoms with Crippen molar-refractivity contribution < 1.29 is 4.79 Å². The number of ketones is 1. The first-order valence-electron chi connectivity index (χ1n) is 11.4. The molecule has 5 aromatic rings. The summed E-state index contributed by atoms with van der Waals surface area (Å²) in [5, 5.41) is 1.84. The van der Waals surface area contributed by atoms with Crippen LogP contribution in [0.25, 0.3) is 11.1 Å². The second kappa shape index (κ2) is 11.8. The molecule has 37 heavy (non-hydrogen) atoms. The molecule has 0 heterocycles. The first kappa shape index (κ1) is 26.0. The second-order valence-electron chi connectivity index (χ2n) is 8.16. The Kier molecular flexibility index (Phi) is 8.29. The van der Waals surface area contributed by atoms with E-state index in [1.807, 2.05) is 72.8 Å². The van der Waals surface area contributed by atoms with Crippen LogP contribution in [0.15, 0.2) is 135 Å². The zero-order valence-corrected chi connectivity index (χ0v) is 23.2. The number of halogens is 3. The van der Waals surface area contributed by atoms with Crippen molar-refractivity contribution in [2.24, 2.45) is 0 Å². The van der Waals surface area contributed by atoms with E-state index in [2.05, 4.69) is 24.3 Å². The fourth-order valence-corrected chi connectivity index (χ4v) is 6.08. The van der Waals surface area contributed by atoms with Crippen LogP contribution in [0.3, 0.4) is 0 Å². The van der Waals surface area contributed by atoms with Gasteiger partial charge >= 0.3 is 0 Å². The predicted octanol–water partition coefficient (Wildman–Crippen LogP) is 10.8. The van der Waals surface area contributed by atoms with Crippen LogP contribution in [0.5, 0.6) is 0 Å². The van der Waals surface area contributed by atoms with Crippen LogP contribution in [0.2, 0.25) is 15.1 Å². The Hall–Kier alpha value is -2.66. The summed E-state index contributed by atoms with van der Waals surface area (Å²) in [5.74, 6) is -0.0879. The van der Waals surface area contributed by atoms with Crippen LogP contribution in [-0.4, -0.2) is 5.78 Å². The first-order valence-corrected chi connectivity index (χ1v) is 14.1. The lowest BCUT2D eigenvalue weighted by atomic mass is 10.0. The van der Waals surface area contributed by atoms with Gasteiger partial charge in [-0.1, -0.05) is 101 Å². The largest absolute Gasteiger partial charge is 0.289 e. The summed E-state index contributed by atoms with van der Waals surface area (Å²) in [6.45, 7) is 0. The molecule has 0 aromatic heterocycles. The fraction of sp³-hybridized carbons (Fsp3) is 0. The van der Waals surface area contributed by atoms with E-state index in [0.29, 0.717) is 26.2 Å². The molecule has 182 valence electrons. The van der Waals surface area contributed by atoms with Gasteiger partial charge in [-0.05, 0) is 83.9 Å². The van der Waals surface area contributed by atoms with E-state index >= 15 is 0 Å². The molecule has 0 aliphatic heterocycles. The average Bonchev–Trinajstić information content (AvgIpc) is 2.92. The third-order valence-electron chi connectivity index (χ3n) is 5.60. The van der Waals surface area contributed by atoms with Gasteiger partial charge in [0, 0.05) is 40.8 Å². The number of carbonyl (C=O) groups excluding carboxylic acids is 1. The van der Waals surface area contributed by atoms with Gasteiger partial charge in [-0.2, -0.15) is 0 Å². The minimum absolute atomic E-state index is 0.0879. The summed E-state index contributed by atoms with van der Waals surface area (Å²) >= 11 is 22.0. The molecular weight excluding hydrogens is 559 g/mol. The SMILES string of the molecule is O=C(c1ccccc1)c1cc(Sc2ccc(-c3cc(Cl)ccc3Sc3ccc(Cl)cc3)cc2)ccc1Cl. The highest BCUT2D eigenvalue weighted by atomic mass is 35.5. The highest BCUT2D eigenvalue weighted by Gasteiger charge is 2.14. The predicted molar refractivity (Wildman–Crippen MR) is 158 cm³/mol. The summed E-state index contributed by atoms with van der Waals surface area (Å²) in [7, 11) is 0. The Morgan fingerprint density at radius 3 is 1.92 bits per heavy atom. The molecule has 0 amide bonds. The zero-order valence-electron chi connectivity index (χ0n) is 19.3. The van der Waals surface area contributed by atoms with E-state index < -0.39 is 0 Å². The topological polar surface area (TPSA) is 17.1 Å². The minimum Gasteiger partial charge on any atom is -0.289 e. The Balaban J connectivity index is 1.38. The highest BCUT2D eigenvalue weighted by molar-refractivity contribution is 7.99. The van der Waals surface area contributed by atoms with Gasteiger partial charge in [0.1, 0.15) is 0 Å². The lowest BCUT2D eigenvalue weighted by molar-refractivity contribution is 0.103. The average molecular weight is 578 g/mol. The summed E-state index contributed by atoms with van der Waals surface area (Å²) in [5.41, 5.74) is 3.24. The molecule has 0 N–H and O–H groups in total. The molecule has 0 unspecified atom stereocenters. The molecule has 0 saturated carbocycles. The van der Waals surface area contributed by atoms with Crippen LogP contribution in [-0.2, 0) is 0 Å². The molecule has 0 fully saturated rings. The summed E-state index contributed by atoms with van der Waals surface area (Å²) in [6, 6.07) is 36.8. The summed E-state index contributed by atoms with van der Waals surface area (Å²) in [6.07, 6.45) is 0. The van der Waals surface area contributed by atoms with E-state index in [0.717, 1.165) is 30.7 Å². The van der Waals surface area contributed by atoms with Crippen LogP contribution < -0.4 is 0 Å². The number of hydrogen-bond acceptors (Lipinski definition) is 3. The number of rotatable bonds is 7. The number of hydrogen-bond donors (Lipinski definition) is 0. The van der Waals surface area contributed by atoms with Gasteiger partial charge in [-0.3, -0.25) is 4.79 Å². The smallest absolute Gasteiger partial charge is 0.194 e. The molecule has 6 heteroatoms. The van der Waals surface area contributed by atoms with Gasteiger partial charge in [0.2, 0.25) is 0 Å². The Bertz CT molecular complexity index is 1550. The summed E-state index contributed by atoms with van der Waals surface area (Å²) < 4.78 is 0. The zero-order chi connectivity index (χ0) is 25.8. The lowest BCUT2D eigenvalue weighted by Crippen LogP contribution is -2.02. The molecule has 5 aromatic carbocycles. The molecule has 0 radical (unpaired) electrons. The molecule has 0 atom stereocenters. The molecule has 0 aliphatic rings. The first-order chi connectivity index (χ1) is 18.0. The Morgan fingerprint density at radius 2 is 1.19 bits per heavy atom. The van der Waals surface area contributed by atoms with E-state index in [4.69, 9.17) is 34.8 Å². The quantitative estimate of drug-likeness (QED) is 0.179. The number of benzene rings is 5. The van der Waals surface area contributed by atoms with Gasteiger partial charge in [0.05, 0.1) is 5.02 Å². The third-order valence-corrected chi connectivity index (χ3v) is 8.50. The maximum atomic E-state index is 13.0. The van der Waals surface area contributed by atoms with Crippen molar-refractivity contribution in [2.75, 3.05) is 0 Å². The van der Waals surface area contributed by atoms with E-state index in [-0.39, 0.29) is 5.78 Å². The normalized spacial score (nSPS) is 10.9. The molecule has 0 bridgehead atoms. The lowest BCUT2D eigenvalue weighted by Gasteiger charge is -2.12. The van der Waals surface area contributed by atoms with E-state index in [1.54, 1.807) is 41.7 Å². The Morgan fingerprint density at radius 1 is 0.568 bits per heavy atom. The van der Waals surface area contributed by atoms with Crippen LogP contribution in [0.1, 0.15) is 15.9 Å². The number of carbonyl (C=O) groups is 1. The van der Waals surface area contributed by atoms with Crippen LogP contribution in [0.4, 0.5) is 0 Å². The van der Waals surface area contributed by atoms with Crippen molar-refractivity contribution in [1.29, 1.82) is 0 Å².